The number of thiazole rings is 1. The Kier molecular flexibility index (Phi) is 3.91. The van der Waals surface area contributed by atoms with E-state index in [1.165, 1.54) is 24.6 Å². The maximum absolute atomic E-state index is 11.8. The highest BCUT2D eigenvalue weighted by atomic mass is 32.1. The third-order valence-electron chi connectivity index (χ3n) is 2.32. The normalized spacial score (nSPS) is 10.2. The molecule has 2 heterocycles. The quantitative estimate of drug-likeness (QED) is 0.851. The third-order valence-corrected chi connectivity index (χ3v) is 3.13. The molecule has 0 bridgehead atoms. The van der Waals surface area contributed by atoms with Crippen LogP contribution in [-0.4, -0.2) is 29.1 Å². The van der Waals surface area contributed by atoms with Gasteiger partial charge in [0.2, 0.25) is 0 Å². The van der Waals surface area contributed by atoms with Gasteiger partial charge < -0.3 is 9.26 Å². The first-order valence-corrected chi connectivity index (χ1v) is 6.22. The number of amides is 1. The number of carbonyl (C=O) groups is 2. The van der Waals surface area contributed by atoms with Crippen molar-refractivity contribution in [2.45, 2.75) is 13.3 Å². The molecule has 0 saturated heterocycles. The van der Waals surface area contributed by atoms with Gasteiger partial charge in [0.05, 0.1) is 25.4 Å². The van der Waals surface area contributed by atoms with E-state index < -0.39 is 0 Å². The summed E-state index contributed by atoms with van der Waals surface area (Å²) in [6, 6.07) is 0. The molecule has 1 amide bonds. The molecule has 100 valence electrons. The van der Waals surface area contributed by atoms with Gasteiger partial charge in [0.1, 0.15) is 11.3 Å². The Morgan fingerprint density at radius 3 is 2.95 bits per heavy atom. The number of hydrogen-bond donors (Lipinski definition) is 1. The van der Waals surface area contributed by atoms with Crippen molar-refractivity contribution in [1.82, 2.24) is 10.1 Å². The molecule has 1 N–H and O–H groups in total. The lowest BCUT2D eigenvalue weighted by Crippen LogP contribution is -2.12. The number of ether oxygens (including phenoxy) is 1. The highest BCUT2D eigenvalue weighted by molar-refractivity contribution is 7.14. The summed E-state index contributed by atoms with van der Waals surface area (Å²) in [5.74, 6) is -0.292. The molecule has 19 heavy (non-hydrogen) atoms. The van der Waals surface area contributed by atoms with Crippen molar-refractivity contribution in [3.05, 3.63) is 28.6 Å². The molecule has 0 aliphatic carbocycles. The molecular weight excluding hydrogens is 270 g/mol. The van der Waals surface area contributed by atoms with Gasteiger partial charge in [-0.2, -0.15) is 0 Å². The minimum absolute atomic E-state index is 0.0785. The lowest BCUT2D eigenvalue weighted by Gasteiger charge is -1.98. The van der Waals surface area contributed by atoms with Crippen LogP contribution in [0.15, 0.2) is 16.1 Å². The Labute approximate surface area is 112 Å². The molecule has 0 saturated carbocycles. The number of esters is 1. The first kappa shape index (κ1) is 13.2. The van der Waals surface area contributed by atoms with E-state index in [2.05, 4.69) is 20.2 Å². The van der Waals surface area contributed by atoms with Gasteiger partial charge in [-0.25, -0.2) is 4.98 Å². The molecule has 2 aromatic heterocycles. The molecule has 8 heteroatoms. The minimum Gasteiger partial charge on any atom is -0.469 e. The molecule has 0 spiro atoms. The molecule has 0 radical (unpaired) electrons. The van der Waals surface area contributed by atoms with E-state index in [1.54, 1.807) is 12.3 Å². The highest BCUT2D eigenvalue weighted by Gasteiger charge is 2.15. The molecule has 0 aromatic carbocycles. The smallest absolute Gasteiger partial charge is 0.311 e. The second-order valence-electron chi connectivity index (χ2n) is 3.65. The van der Waals surface area contributed by atoms with Crippen molar-refractivity contribution in [3.63, 3.8) is 0 Å². The summed E-state index contributed by atoms with van der Waals surface area (Å²) in [7, 11) is 1.31. The Morgan fingerprint density at radius 2 is 2.32 bits per heavy atom. The van der Waals surface area contributed by atoms with Crippen LogP contribution in [0.2, 0.25) is 0 Å². The Morgan fingerprint density at radius 1 is 1.53 bits per heavy atom. The fourth-order valence-corrected chi connectivity index (χ4v) is 2.05. The lowest BCUT2D eigenvalue weighted by atomic mass is 10.2. The van der Waals surface area contributed by atoms with Crippen LogP contribution >= 0.6 is 11.3 Å². The Balaban J connectivity index is 2.02. The number of methoxy groups -OCH3 is 1. The molecule has 0 fully saturated rings. The Bertz CT molecular complexity index is 605. The first-order chi connectivity index (χ1) is 9.10. The average molecular weight is 281 g/mol. The van der Waals surface area contributed by atoms with Gasteiger partial charge in [0.15, 0.2) is 5.13 Å². The fourth-order valence-electron chi connectivity index (χ4n) is 1.35. The summed E-state index contributed by atoms with van der Waals surface area (Å²) in [6.07, 6.45) is 1.42. The third kappa shape index (κ3) is 3.16. The van der Waals surface area contributed by atoms with E-state index in [4.69, 9.17) is 4.52 Å². The van der Waals surface area contributed by atoms with E-state index in [1.807, 2.05) is 0 Å². The van der Waals surface area contributed by atoms with Gasteiger partial charge in [0.25, 0.3) is 5.91 Å². The predicted molar refractivity (Wildman–Crippen MR) is 67.0 cm³/mol. The molecule has 7 nitrogen and oxygen atoms in total. The van der Waals surface area contributed by atoms with Crippen molar-refractivity contribution in [2.75, 3.05) is 12.4 Å². The maximum Gasteiger partial charge on any atom is 0.311 e. The van der Waals surface area contributed by atoms with Crippen molar-refractivity contribution >= 4 is 28.3 Å². The van der Waals surface area contributed by atoms with Gasteiger partial charge in [-0.15, -0.1) is 11.3 Å². The van der Waals surface area contributed by atoms with E-state index in [0.717, 1.165) is 0 Å². The van der Waals surface area contributed by atoms with Crippen molar-refractivity contribution < 1.29 is 18.8 Å². The van der Waals surface area contributed by atoms with Gasteiger partial charge in [-0.1, -0.05) is 5.16 Å². The van der Waals surface area contributed by atoms with E-state index in [0.29, 0.717) is 22.1 Å². The molecule has 0 unspecified atom stereocenters. The first-order valence-electron chi connectivity index (χ1n) is 5.34. The number of carbonyl (C=O) groups excluding carboxylic acids is 2. The van der Waals surface area contributed by atoms with Crippen LogP contribution in [0.5, 0.6) is 0 Å². The summed E-state index contributed by atoms with van der Waals surface area (Å²) in [5.41, 5.74) is 0.902. The number of anilines is 1. The topological polar surface area (TPSA) is 94.3 Å². The van der Waals surface area contributed by atoms with Crippen molar-refractivity contribution in [1.29, 1.82) is 0 Å². The molecule has 2 aromatic rings. The number of rotatable bonds is 4. The zero-order valence-corrected chi connectivity index (χ0v) is 11.1. The van der Waals surface area contributed by atoms with Crippen LogP contribution in [-0.2, 0) is 16.0 Å². The van der Waals surface area contributed by atoms with Gasteiger partial charge in [-0.3, -0.25) is 14.9 Å². The maximum atomic E-state index is 11.8. The van der Waals surface area contributed by atoms with E-state index in [-0.39, 0.29) is 18.3 Å². The fraction of sp³-hybridized carbons (Fsp3) is 0.273. The van der Waals surface area contributed by atoms with E-state index in [9.17, 15) is 9.59 Å². The predicted octanol–water partition coefficient (Wildman–Crippen LogP) is 1.41. The number of hydrogen-bond acceptors (Lipinski definition) is 7. The van der Waals surface area contributed by atoms with Crippen LogP contribution in [0.4, 0.5) is 5.13 Å². The van der Waals surface area contributed by atoms with Gasteiger partial charge >= 0.3 is 5.97 Å². The second-order valence-corrected chi connectivity index (χ2v) is 4.50. The number of aryl methyl sites for hydroxylation is 1. The van der Waals surface area contributed by atoms with E-state index >= 15 is 0 Å². The standard InChI is InChI=1S/C11H11N3O4S/c1-6-8(4-12-18-6)10(16)14-11-13-7(5-19-11)3-9(15)17-2/h4-5H,3H2,1-2H3,(H,13,14,16). The summed E-state index contributed by atoms with van der Waals surface area (Å²) in [6.45, 7) is 1.65. The molecule has 0 aliphatic rings. The molecule has 0 atom stereocenters. The molecule has 2 rings (SSSR count). The number of nitrogens with one attached hydrogen (secondary N) is 1. The second kappa shape index (κ2) is 5.61. The Hall–Kier alpha value is -2.22. The lowest BCUT2D eigenvalue weighted by molar-refractivity contribution is -0.139. The van der Waals surface area contributed by atoms with Gasteiger partial charge in [-0.05, 0) is 6.92 Å². The monoisotopic (exact) mass is 281 g/mol. The SMILES string of the molecule is COC(=O)Cc1csc(NC(=O)c2cnoc2C)n1. The van der Waals surface area contributed by atoms with Crippen molar-refractivity contribution in [3.8, 4) is 0 Å². The number of aromatic nitrogens is 2. The van der Waals surface area contributed by atoms with Crippen LogP contribution in [0.1, 0.15) is 21.8 Å². The summed E-state index contributed by atoms with van der Waals surface area (Å²) >= 11 is 1.23. The highest BCUT2D eigenvalue weighted by Crippen LogP contribution is 2.17. The average Bonchev–Trinajstić information content (AvgIpc) is 2.98. The number of nitrogens with zero attached hydrogens (tertiary/aromatic N) is 2. The van der Waals surface area contributed by atoms with Crippen molar-refractivity contribution in [2.24, 2.45) is 0 Å². The van der Waals surface area contributed by atoms with Crippen LogP contribution in [0, 0.1) is 6.92 Å². The van der Waals surface area contributed by atoms with Gasteiger partial charge in [0, 0.05) is 5.38 Å². The summed E-state index contributed by atoms with van der Waals surface area (Å²) in [5, 5.41) is 8.23. The zero-order valence-electron chi connectivity index (χ0n) is 10.3. The largest absolute Gasteiger partial charge is 0.469 e. The van der Waals surface area contributed by atoms with Crippen LogP contribution < -0.4 is 5.32 Å². The van der Waals surface area contributed by atoms with Crippen LogP contribution in [0.25, 0.3) is 0 Å². The summed E-state index contributed by atoms with van der Waals surface area (Å²) in [4.78, 5) is 27.0. The minimum atomic E-state index is -0.377. The summed E-state index contributed by atoms with van der Waals surface area (Å²) < 4.78 is 9.34. The van der Waals surface area contributed by atoms with Crippen LogP contribution in [0.3, 0.4) is 0 Å². The molecule has 0 aliphatic heterocycles. The zero-order chi connectivity index (χ0) is 13.8. The molecular formula is C11H11N3O4S.